The first-order valence-electron chi connectivity index (χ1n) is 6.92. The maximum atomic E-state index is 9.89. The Balaban J connectivity index is 1.60. The summed E-state index contributed by atoms with van der Waals surface area (Å²) in [5, 5.41) is 14.0. The van der Waals surface area contributed by atoms with Crippen LogP contribution in [0.25, 0.3) is 0 Å². The molecular formula is C15H16N2O2. The lowest BCUT2D eigenvalue weighted by Gasteiger charge is -2.27. The van der Waals surface area contributed by atoms with Gasteiger partial charge in [-0.1, -0.05) is 29.4 Å². The Bertz CT molecular complexity index is 608. The van der Waals surface area contributed by atoms with Crippen LogP contribution in [0.2, 0.25) is 0 Å². The summed E-state index contributed by atoms with van der Waals surface area (Å²) in [6.45, 7) is 0. The zero-order valence-electron chi connectivity index (χ0n) is 10.6. The normalized spacial score (nSPS) is 29.0. The highest BCUT2D eigenvalue weighted by Crippen LogP contribution is 2.40. The third-order valence-electron chi connectivity index (χ3n) is 4.42. The van der Waals surface area contributed by atoms with Gasteiger partial charge in [-0.25, -0.2) is 0 Å². The Morgan fingerprint density at radius 1 is 1.21 bits per heavy atom. The Hall–Kier alpha value is -1.68. The third-order valence-corrected chi connectivity index (χ3v) is 4.42. The van der Waals surface area contributed by atoms with Gasteiger partial charge in [-0.05, 0) is 36.8 Å². The van der Waals surface area contributed by atoms with E-state index in [2.05, 4.69) is 28.3 Å². The van der Waals surface area contributed by atoms with Gasteiger partial charge in [0.25, 0.3) is 0 Å². The highest BCUT2D eigenvalue weighted by atomic mass is 16.5. The predicted molar refractivity (Wildman–Crippen MR) is 68.9 cm³/mol. The van der Waals surface area contributed by atoms with E-state index >= 15 is 0 Å². The van der Waals surface area contributed by atoms with Crippen molar-refractivity contribution in [1.29, 1.82) is 0 Å². The molecule has 1 heterocycles. The van der Waals surface area contributed by atoms with Crippen LogP contribution >= 0.6 is 0 Å². The van der Waals surface area contributed by atoms with Crippen LogP contribution in [0.5, 0.6) is 0 Å². The van der Waals surface area contributed by atoms with Gasteiger partial charge in [0.2, 0.25) is 5.89 Å². The molecular weight excluding hydrogens is 240 g/mol. The van der Waals surface area contributed by atoms with Crippen molar-refractivity contribution in [2.24, 2.45) is 0 Å². The molecule has 1 aromatic carbocycles. The van der Waals surface area contributed by atoms with Crippen LogP contribution in [0.1, 0.15) is 53.9 Å². The number of fused-ring (bicyclic) bond motifs is 1. The van der Waals surface area contributed by atoms with Crippen molar-refractivity contribution in [3.63, 3.8) is 0 Å². The number of aliphatic hydroxyl groups is 1. The fourth-order valence-electron chi connectivity index (χ4n) is 3.26. The maximum Gasteiger partial charge on any atom is 0.232 e. The van der Waals surface area contributed by atoms with E-state index in [9.17, 15) is 5.11 Å². The predicted octanol–water partition coefficient (Wildman–Crippen LogP) is 2.39. The smallest absolute Gasteiger partial charge is 0.232 e. The molecule has 2 aliphatic carbocycles. The first-order valence-corrected chi connectivity index (χ1v) is 6.92. The zero-order chi connectivity index (χ0) is 12.8. The fraction of sp³-hybridized carbons (Fsp3) is 0.467. The van der Waals surface area contributed by atoms with Crippen LogP contribution in [0, 0.1) is 0 Å². The number of nitrogens with zero attached hydrogens (tertiary/aromatic N) is 2. The van der Waals surface area contributed by atoms with Gasteiger partial charge in [-0.3, -0.25) is 0 Å². The molecule has 1 aromatic heterocycles. The van der Waals surface area contributed by atoms with Crippen molar-refractivity contribution >= 4 is 0 Å². The average molecular weight is 256 g/mol. The van der Waals surface area contributed by atoms with E-state index in [0.29, 0.717) is 5.89 Å². The van der Waals surface area contributed by atoms with Crippen molar-refractivity contribution < 1.29 is 9.63 Å². The molecule has 0 bridgehead atoms. The molecule has 98 valence electrons. The summed E-state index contributed by atoms with van der Waals surface area (Å²) in [5.74, 6) is 1.70. The molecule has 19 heavy (non-hydrogen) atoms. The zero-order valence-corrected chi connectivity index (χ0v) is 10.6. The summed E-state index contributed by atoms with van der Waals surface area (Å²) in [6.07, 6.45) is 3.50. The lowest BCUT2D eigenvalue weighted by atomic mass is 9.77. The summed E-state index contributed by atoms with van der Waals surface area (Å²) in [6, 6.07) is 8.38. The van der Waals surface area contributed by atoms with E-state index in [-0.39, 0.29) is 17.9 Å². The summed E-state index contributed by atoms with van der Waals surface area (Å²) < 4.78 is 5.37. The van der Waals surface area contributed by atoms with Crippen molar-refractivity contribution in [2.75, 3.05) is 0 Å². The lowest BCUT2D eigenvalue weighted by Crippen LogP contribution is -2.19. The van der Waals surface area contributed by atoms with Gasteiger partial charge in [0.1, 0.15) is 0 Å². The molecule has 0 aliphatic heterocycles. The number of hydrogen-bond donors (Lipinski definition) is 1. The van der Waals surface area contributed by atoms with E-state index in [0.717, 1.165) is 31.5 Å². The molecule has 4 heteroatoms. The topological polar surface area (TPSA) is 59.2 Å². The molecule has 1 N–H and O–H groups in total. The average Bonchev–Trinajstić information content (AvgIpc) is 3.00. The van der Waals surface area contributed by atoms with Gasteiger partial charge in [0.15, 0.2) is 5.82 Å². The van der Waals surface area contributed by atoms with Gasteiger partial charge >= 0.3 is 0 Å². The largest absolute Gasteiger partial charge is 0.392 e. The van der Waals surface area contributed by atoms with E-state index < -0.39 is 0 Å². The van der Waals surface area contributed by atoms with Crippen molar-refractivity contribution in [3.05, 3.63) is 47.1 Å². The van der Waals surface area contributed by atoms with Gasteiger partial charge in [0, 0.05) is 0 Å². The van der Waals surface area contributed by atoms with Crippen molar-refractivity contribution in [1.82, 2.24) is 10.1 Å². The van der Waals surface area contributed by atoms with Gasteiger partial charge < -0.3 is 9.63 Å². The van der Waals surface area contributed by atoms with Crippen LogP contribution in [0.4, 0.5) is 0 Å². The second kappa shape index (κ2) is 4.17. The van der Waals surface area contributed by atoms with Crippen molar-refractivity contribution in [2.45, 2.75) is 43.6 Å². The molecule has 1 fully saturated rings. The molecule has 0 saturated heterocycles. The highest BCUT2D eigenvalue weighted by Gasteiger charge is 2.35. The Morgan fingerprint density at radius 2 is 2.11 bits per heavy atom. The van der Waals surface area contributed by atoms with Gasteiger partial charge in [-0.2, -0.15) is 4.98 Å². The minimum atomic E-state index is -0.318. The highest BCUT2D eigenvalue weighted by molar-refractivity contribution is 5.43. The quantitative estimate of drug-likeness (QED) is 0.896. The molecule has 4 nitrogen and oxygen atoms in total. The van der Waals surface area contributed by atoms with E-state index in [1.165, 1.54) is 11.1 Å². The van der Waals surface area contributed by atoms with E-state index in [1.54, 1.807) is 0 Å². The number of aliphatic hydroxyl groups excluding tert-OH is 1. The lowest BCUT2D eigenvalue weighted by molar-refractivity contribution is 0.148. The van der Waals surface area contributed by atoms with Gasteiger partial charge in [0.05, 0.1) is 17.9 Å². The SMILES string of the molecule is OC1CCCC1c1nc(C2Cc3ccccc32)no1. The molecule has 4 rings (SSSR count). The molecule has 0 amide bonds. The monoisotopic (exact) mass is 256 g/mol. The van der Waals surface area contributed by atoms with Crippen LogP contribution in [-0.2, 0) is 6.42 Å². The Morgan fingerprint density at radius 3 is 2.89 bits per heavy atom. The summed E-state index contributed by atoms with van der Waals surface area (Å²) in [5.41, 5.74) is 2.68. The standard InChI is InChI=1S/C15H16N2O2/c18-13-7-3-6-11(13)15-16-14(17-19-15)12-8-9-4-1-2-5-10(9)12/h1-2,4-5,11-13,18H,3,6-8H2. The molecule has 0 spiro atoms. The second-order valence-corrected chi connectivity index (χ2v) is 5.55. The second-order valence-electron chi connectivity index (χ2n) is 5.55. The summed E-state index contributed by atoms with van der Waals surface area (Å²) >= 11 is 0. The van der Waals surface area contributed by atoms with Crippen LogP contribution in [-0.4, -0.2) is 21.4 Å². The molecule has 0 radical (unpaired) electrons. The molecule has 3 unspecified atom stereocenters. The van der Waals surface area contributed by atoms with Crippen LogP contribution in [0.15, 0.2) is 28.8 Å². The Kier molecular flexibility index (Phi) is 2.45. The summed E-state index contributed by atoms with van der Waals surface area (Å²) in [7, 11) is 0. The summed E-state index contributed by atoms with van der Waals surface area (Å²) in [4.78, 5) is 4.53. The molecule has 2 aliphatic rings. The van der Waals surface area contributed by atoms with E-state index in [4.69, 9.17) is 4.52 Å². The molecule has 2 aromatic rings. The first kappa shape index (κ1) is 11.2. The Labute approximate surface area is 111 Å². The number of rotatable bonds is 2. The van der Waals surface area contributed by atoms with Crippen LogP contribution < -0.4 is 0 Å². The van der Waals surface area contributed by atoms with E-state index in [1.807, 2.05) is 6.07 Å². The third kappa shape index (κ3) is 1.70. The first-order chi connectivity index (χ1) is 9.33. The van der Waals surface area contributed by atoms with Crippen LogP contribution in [0.3, 0.4) is 0 Å². The fourth-order valence-corrected chi connectivity index (χ4v) is 3.26. The number of aromatic nitrogens is 2. The molecule has 3 atom stereocenters. The van der Waals surface area contributed by atoms with Crippen molar-refractivity contribution in [3.8, 4) is 0 Å². The van der Waals surface area contributed by atoms with Gasteiger partial charge in [-0.15, -0.1) is 0 Å². The molecule has 1 saturated carbocycles. The maximum absolute atomic E-state index is 9.89. The number of hydrogen-bond acceptors (Lipinski definition) is 4. The number of benzene rings is 1. The minimum Gasteiger partial charge on any atom is -0.392 e. The minimum absolute atomic E-state index is 0.0385.